The molecule has 0 unspecified atom stereocenters. The van der Waals surface area contributed by atoms with E-state index >= 15 is 0 Å². The summed E-state index contributed by atoms with van der Waals surface area (Å²) in [6.45, 7) is 7.99. The molecule has 3 N–H and O–H groups in total. The topological polar surface area (TPSA) is 87.8 Å². The van der Waals surface area contributed by atoms with E-state index < -0.39 is 10.0 Å². The molecule has 0 aliphatic rings. The van der Waals surface area contributed by atoms with Gasteiger partial charge in [-0.2, -0.15) is 0 Å². The Labute approximate surface area is 124 Å². The fourth-order valence-electron chi connectivity index (χ4n) is 1.63. The zero-order valence-electron chi connectivity index (χ0n) is 12.1. The number of rotatable bonds is 7. The molecule has 8 heteroatoms. The maximum atomic E-state index is 11.9. The van der Waals surface area contributed by atoms with E-state index in [-0.39, 0.29) is 6.54 Å². The average Bonchev–Trinajstić information content (AvgIpc) is 2.84. The molecule has 0 fully saturated rings. The van der Waals surface area contributed by atoms with Crippen molar-refractivity contribution in [2.45, 2.75) is 25.0 Å². The number of hydrogen-bond donors (Lipinski definition) is 2. The van der Waals surface area contributed by atoms with Crippen LogP contribution in [-0.2, 0) is 10.0 Å². The first-order valence-electron chi connectivity index (χ1n) is 6.51. The van der Waals surface area contributed by atoms with Crippen molar-refractivity contribution in [3.05, 3.63) is 17.0 Å². The molecule has 0 amide bonds. The minimum absolute atomic E-state index is 0.237. The molecule has 0 saturated heterocycles. The van der Waals surface area contributed by atoms with E-state index in [1.54, 1.807) is 12.1 Å². The van der Waals surface area contributed by atoms with Gasteiger partial charge in [0.2, 0.25) is 10.0 Å². The van der Waals surface area contributed by atoms with Crippen molar-refractivity contribution >= 4 is 27.3 Å². The van der Waals surface area contributed by atoms with Crippen LogP contribution in [0.3, 0.4) is 0 Å². The lowest BCUT2D eigenvalue weighted by Crippen LogP contribution is -2.37. The first kappa shape index (κ1) is 16.9. The van der Waals surface area contributed by atoms with Crippen LogP contribution in [0.4, 0.5) is 0 Å². The third-order valence-electron chi connectivity index (χ3n) is 2.75. The highest BCUT2D eigenvalue weighted by molar-refractivity contribution is 7.91. The molecule has 20 heavy (non-hydrogen) atoms. The molecular weight excluding hydrogens is 296 g/mol. The Balaban J connectivity index is 2.50. The fourth-order valence-corrected chi connectivity index (χ4v) is 3.97. The van der Waals surface area contributed by atoms with E-state index in [0.29, 0.717) is 16.7 Å². The number of sulfonamides is 1. The maximum absolute atomic E-state index is 11.9. The van der Waals surface area contributed by atoms with Gasteiger partial charge >= 0.3 is 0 Å². The number of aliphatic imine (C=N–C) groups is 1. The minimum Gasteiger partial charge on any atom is -0.370 e. The number of thiophene rings is 1. The van der Waals surface area contributed by atoms with Gasteiger partial charge in [0.25, 0.3) is 0 Å². The van der Waals surface area contributed by atoms with Crippen LogP contribution in [0.2, 0.25) is 0 Å². The molecule has 114 valence electrons. The van der Waals surface area contributed by atoms with Crippen molar-refractivity contribution in [3.63, 3.8) is 0 Å². The van der Waals surface area contributed by atoms with Gasteiger partial charge in [-0.1, -0.05) is 0 Å². The largest absolute Gasteiger partial charge is 0.370 e. The predicted octanol–water partition coefficient (Wildman–Crippen LogP) is 0.991. The van der Waals surface area contributed by atoms with Crippen LogP contribution in [0.1, 0.15) is 18.7 Å². The zero-order valence-corrected chi connectivity index (χ0v) is 13.7. The summed E-state index contributed by atoms with van der Waals surface area (Å²) in [6, 6.07) is 3.39. The Morgan fingerprint density at radius 1 is 1.40 bits per heavy atom. The number of nitrogens with zero attached hydrogens (tertiary/aromatic N) is 2. The lowest BCUT2D eigenvalue weighted by molar-refractivity contribution is 0.458. The van der Waals surface area contributed by atoms with E-state index in [9.17, 15) is 8.42 Å². The first-order valence-corrected chi connectivity index (χ1v) is 8.81. The quantitative estimate of drug-likeness (QED) is 0.446. The molecule has 0 radical (unpaired) electrons. The zero-order chi connectivity index (χ0) is 15.2. The third kappa shape index (κ3) is 4.77. The molecule has 0 aliphatic carbocycles. The second-order valence-corrected chi connectivity index (χ2v) is 7.46. The first-order chi connectivity index (χ1) is 9.40. The summed E-state index contributed by atoms with van der Waals surface area (Å²) >= 11 is 1.25. The van der Waals surface area contributed by atoms with Crippen LogP contribution in [-0.4, -0.2) is 45.5 Å². The van der Waals surface area contributed by atoms with Gasteiger partial charge in [0, 0.05) is 24.5 Å². The van der Waals surface area contributed by atoms with Crippen LogP contribution in [0.5, 0.6) is 0 Å². The molecule has 1 aromatic rings. The van der Waals surface area contributed by atoms with Crippen molar-refractivity contribution < 1.29 is 8.42 Å². The molecule has 1 rings (SSSR count). The summed E-state index contributed by atoms with van der Waals surface area (Å²) in [5.41, 5.74) is 5.80. The molecular formula is C12H22N4O2S2. The maximum Gasteiger partial charge on any atom is 0.250 e. The van der Waals surface area contributed by atoms with Gasteiger partial charge < -0.3 is 10.6 Å². The highest BCUT2D eigenvalue weighted by Crippen LogP contribution is 2.19. The van der Waals surface area contributed by atoms with Crippen molar-refractivity contribution in [2.24, 2.45) is 10.7 Å². The van der Waals surface area contributed by atoms with Gasteiger partial charge in [-0.05, 0) is 32.9 Å². The summed E-state index contributed by atoms with van der Waals surface area (Å²) < 4.78 is 26.7. The van der Waals surface area contributed by atoms with Crippen molar-refractivity contribution in [2.75, 3.05) is 26.2 Å². The van der Waals surface area contributed by atoms with E-state index in [0.717, 1.165) is 18.0 Å². The predicted molar refractivity (Wildman–Crippen MR) is 83.7 cm³/mol. The third-order valence-corrected chi connectivity index (χ3v) is 5.70. The molecule has 0 aliphatic heterocycles. The number of nitrogens with one attached hydrogen (secondary N) is 1. The van der Waals surface area contributed by atoms with Crippen LogP contribution in [0, 0.1) is 6.92 Å². The lowest BCUT2D eigenvalue weighted by Gasteiger charge is -2.19. The highest BCUT2D eigenvalue weighted by Gasteiger charge is 2.15. The molecule has 0 bridgehead atoms. The molecule has 1 aromatic heterocycles. The van der Waals surface area contributed by atoms with Gasteiger partial charge in [-0.15, -0.1) is 11.3 Å². The molecule has 0 saturated carbocycles. The van der Waals surface area contributed by atoms with Crippen LogP contribution in [0.25, 0.3) is 0 Å². The van der Waals surface area contributed by atoms with Crippen LogP contribution in [0.15, 0.2) is 21.3 Å². The normalized spacial score (nSPS) is 12.7. The Morgan fingerprint density at radius 2 is 2.05 bits per heavy atom. The number of nitrogens with two attached hydrogens (primary N) is 1. The molecule has 0 aromatic carbocycles. The Kier molecular flexibility index (Phi) is 6.44. The second-order valence-electron chi connectivity index (χ2n) is 4.18. The fraction of sp³-hybridized carbons (Fsp3) is 0.583. The van der Waals surface area contributed by atoms with E-state index in [1.165, 1.54) is 11.3 Å². The van der Waals surface area contributed by atoms with E-state index in [2.05, 4.69) is 9.71 Å². The number of hydrogen-bond acceptors (Lipinski definition) is 4. The number of aryl methyl sites for hydroxylation is 1. The van der Waals surface area contributed by atoms with Crippen molar-refractivity contribution in [1.82, 2.24) is 9.62 Å². The molecule has 1 heterocycles. The smallest absolute Gasteiger partial charge is 0.250 e. The van der Waals surface area contributed by atoms with E-state index in [1.807, 2.05) is 25.7 Å². The SMILES string of the molecule is CCN(CC)C(N)=NCCNS(=O)(=O)c1ccc(C)s1. The van der Waals surface area contributed by atoms with Gasteiger partial charge in [-0.3, -0.25) is 4.99 Å². The summed E-state index contributed by atoms with van der Waals surface area (Å²) in [7, 11) is -3.42. The summed E-state index contributed by atoms with van der Waals surface area (Å²) in [5.74, 6) is 0.446. The highest BCUT2D eigenvalue weighted by atomic mass is 32.2. The van der Waals surface area contributed by atoms with E-state index in [4.69, 9.17) is 5.73 Å². The Morgan fingerprint density at radius 3 is 2.55 bits per heavy atom. The Hall–Kier alpha value is -1.12. The Bertz CT molecular complexity index is 548. The van der Waals surface area contributed by atoms with Gasteiger partial charge in [0.15, 0.2) is 5.96 Å². The second kappa shape index (κ2) is 7.61. The standard InChI is InChI=1S/C12H22N4O2S2/c1-4-16(5-2)12(13)14-8-9-15-20(17,18)11-7-6-10(3)19-11/h6-7,15H,4-5,8-9H2,1-3H3,(H2,13,14). The summed E-state index contributed by atoms with van der Waals surface area (Å²) in [5, 5.41) is 0. The summed E-state index contributed by atoms with van der Waals surface area (Å²) in [6.07, 6.45) is 0. The lowest BCUT2D eigenvalue weighted by atomic mass is 10.5. The summed E-state index contributed by atoms with van der Waals surface area (Å²) in [4.78, 5) is 7.05. The van der Waals surface area contributed by atoms with Crippen LogP contribution < -0.4 is 10.5 Å². The monoisotopic (exact) mass is 318 g/mol. The molecule has 6 nitrogen and oxygen atoms in total. The minimum atomic E-state index is -3.42. The van der Waals surface area contributed by atoms with Gasteiger partial charge in [-0.25, -0.2) is 13.1 Å². The molecule has 0 atom stereocenters. The molecule has 0 spiro atoms. The number of guanidine groups is 1. The average molecular weight is 318 g/mol. The van der Waals surface area contributed by atoms with Crippen LogP contribution >= 0.6 is 11.3 Å². The van der Waals surface area contributed by atoms with Gasteiger partial charge in [0.1, 0.15) is 4.21 Å². The van der Waals surface area contributed by atoms with Crippen molar-refractivity contribution in [1.29, 1.82) is 0 Å². The van der Waals surface area contributed by atoms with Crippen molar-refractivity contribution in [3.8, 4) is 0 Å². The van der Waals surface area contributed by atoms with Gasteiger partial charge in [0.05, 0.1) is 6.54 Å².